The van der Waals surface area contributed by atoms with Gasteiger partial charge in [0.25, 0.3) is 5.91 Å². The van der Waals surface area contributed by atoms with E-state index < -0.39 is 0 Å². The van der Waals surface area contributed by atoms with Gasteiger partial charge in [0, 0.05) is 26.7 Å². The number of carbonyl (C=O) groups is 1. The third-order valence-corrected chi connectivity index (χ3v) is 5.23. The highest BCUT2D eigenvalue weighted by Gasteiger charge is 2.25. The number of carbonyl (C=O) groups excluding carboxylic acids is 1. The number of halogens is 2. The van der Waals surface area contributed by atoms with Gasteiger partial charge in [0.15, 0.2) is 0 Å². The molecule has 0 aliphatic carbocycles. The van der Waals surface area contributed by atoms with E-state index in [2.05, 4.69) is 57.7 Å². The SMILES string of the molecule is CC(C)N(CC1CCCCN1)C(=O)c1cc(I)ccc1Br. The summed E-state index contributed by atoms with van der Waals surface area (Å²) in [6.07, 6.45) is 3.66. The summed E-state index contributed by atoms with van der Waals surface area (Å²) in [5, 5.41) is 3.53. The molecule has 0 spiro atoms. The van der Waals surface area contributed by atoms with Crippen LogP contribution in [0.3, 0.4) is 0 Å². The fourth-order valence-corrected chi connectivity index (χ4v) is 3.57. The zero-order valence-electron chi connectivity index (χ0n) is 12.5. The lowest BCUT2D eigenvalue weighted by Gasteiger charge is -2.33. The van der Waals surface area contributed by atoms with Crippen molar-refractivity contribution in [1.29, 1.82) is 0 Å². The van der Waals surface area contributed by atoms with Crippen molar-refractivity contribution < 1.29 is 4.79 Å². The summed E-state index contributed by atoms with van der Waals surface area (Å²) in [5.74, 6) is 0.114. The molecule has 1 atom stereocenters. The normalized spacial score (nSPS) is 18.8. The maximum atomic E-state index is 12.9. The highest BCUT2D eigenvalue weighted by atomic mass is 127. The van der Waals surface area contributed by atoms with Crippen LogP contribution in [0.4, 0.5) is 0 Å². The fraction of sp³-hybridized carbons (Fsp3) is 0.562. The van der Waals surface area contributed by atoms with Gasteiger partial charge in [-0.1, -0.05) is 6.42 Å². The van der Waals surface area contributed by atoms with Gasteiger partial charge in [-0.05, 0) is 90.0 Å². The van der Waals surface area contributed by atoms with E-state index in [1.807, 2.05) is 23.1 Å². The third-order valence-electron chi connectivity index (χ3n) is 3.87. The number of amides is 1. The summed E-state index contributed by atoms with van der Waals surface area (Å²) in [7, 11) is 0. The third kappa shape index (κ3) is 4.66. The summed E-state index contributed by atoms with van der Waals surface area (Å²) in [5.41, 5.74) is 0.756. The first-order chi connectivity index (χ1) is 9.99. The first kappa shape index (κ1) is 17.2. The predicted octanol–water partition coefficient (Wildman–Crippen LogP) is 4.05. The number of hydrogen-bond acceptors (Lipinski definition) is 2. The molecule has 1 heterocycles. The van der Waals surface area contributed by atoms with Crippen LogP contribution in [-0.2, 0) is 0 Å². The lowest BCUT2D eigenvalue weighted by Crippen LogP contribution is -2.48. The molecule has 0 aromatic heterocycles. The Bertz CT molecular complexity index is 501. The van der Waals surface area contributed by atoms with E-state index in [1.54, 1.807) is 0 Å². The Hall–Kier alpha value is -0.140. The summed E-state index contributed by atoms with van der Waals surface area (Å²) >= 11 is 5.75. The molecule has 1 aromatic rings. The molecular formula is C16H22BrIN2O. The summed E-state index contributed by atoms with van der Waals surface area (Å²) in [6, 6.07) is 6.53. The van der Waals surface area contributed by atoms with E-state index in [0.717, 1.165) is 33.1 Å². The van der Waals surface area contributed by atoms with E-state index in [1.165, 1.54) is 12.8 Å². The van der Waals surface area contributed by atoms with Crippen molar-refractivity contribution >= 4 is 44.4 Å². The molecule has 1 saturated heterocycles. The molecule has 5 heteroatoms. The van der Waals surface area contributed by atoms with E-state index in [0.29, 0.717) is 6.04 Å². The molecule has 1 fully saturated rings. The first-order valence-corrected chi connectivity index (χ1v) is 9.35. The molecule has 1 aliphatic rings. The molecule has 116 valence electrons. The minimum absolute atomic E-state index is 0.114. The lowest BCUT2D eigenvalue weighted by atomic mass is 10.0. The maximum Gasteiger partial charge on any atom is 0.255 e. The largest absolute Gasteiger partial charge is 0.335 e. The maximum absolute atomic E-state index is 12.9. The second-order valence-corrected chi connectivity index (χ2v) is 7.92. The second kappa shape index (κ2) is 7.92. The van der Waals surface area contributed by atoms with Gasteiger partial charge in [0.1, 0.15) is 0 Å². The van der Waals surface area contributed by atoms with Gasteiger partial charge >= 0.3 is 0 Å². The van der Waals surface area contributed by atoms with Crippen molar-refractivity contribution in [2.45, 2.75) is 45.2 Å². The van der Waals surface area contributed by atoms with E-state index >= 15 is 0 Å². The van der Waals surface area contributed by atoms with Crippen LogP contribution in [0.2, 0.25) is 0 Å². The second-order valence-electron chi connectivity index (χ2n) is 5.82. The molecular weight excluding hydrogens is 443 g/mol. The van der Waals surface area contributed by atoms with Gasteiger partial charge in [-0.3, -0.25) is 4.79 Å². The predicted molar refractivity (Wildman–Crippen MR) is 98.7 cm³/mol. The van der Waals surface area contributed by atoms with E-state index in [9.17, 15) is 4.79 Å². The molecule has 1 unspecified atom stereocenters. The van der Waals surface area contributed by atoms with Crippen LogP contribution in [0.5, 0.6) is 0 Å². The van der Waals surface area contributed by atoms with Gasteiger partial charge < -0.3 is 10.2 Å². The van der Waals surface area contributed by atoms with Gasteiger partial charge in [-0.2, -0.15) is 0 Å². The highest BCUT2D eigenvalue weighted by Crippen LogP contribution is 2.22. The van der Waals surface area contributed by atoms with Crippen LogP contribution in [-0.4, -0.2) is 36.0 Å². The monoisotopic (exact) mass is 464 g/mol. The minimum Gasteiger partial charge on any atom is -0.335 e. The molecule has 1 N–H and O–H groups in total. The number of rotatable bonds is 4. The molecule has 1 amide bonds. The van der Waals surface area contributed by atoms with Crippen molar-refractivity contribution in [2.75, 3.05) is 13.1 Å². The van der Waals surface area contributed by atoms with Crippen molar-refractivity contribution in [3.05, 3.63) is 31.8 Å². The highest BCUT2D eigenvalue weighted by molar-refractivity contribution is 14.1. The number of benzene rings is 1. The topological polar surface area (TPSA) is 32.3 Å². The Kier molecular flexibility index (Phi) is 6.50. The van der Waals surface area contributed by atoms with Crippen molar-refractivity contribution in [3.8, 4) is 0 Å². The summed E-state index contributed by atoms with van der Waals surface area (Å²) in [4.78, 5) is 14.9. The van der Waals surface area contributed by atoms with Crippen LogP contribution in [0, 0.1) is 3.57 Å². The first-order valence-electron chi connectivity index (χ1n) is 7.48. The number of hydrogen-bond donors (Lipinski definition) is 1. The molecule has 1 aromatic carbocycles. The van der Waals surface area contributed by atoms with Crippen molar-refractivity contribution in [1.82, 2.24) is 10.2 Å². The average Bonchev–Trinajstić information content (AvgIpc) is 2.47. The Morgan fingerprint density at radius 3 is 2.86 bits per heavy atom. The van der Waals surface area contributed by atoms with Crippen molar-refractivity contribution in [2.24, 2.45) is 0 Å². The van der Waals surface area contributed by atoms with Gasteiger partial charge in [-0.25, -0.2) is 0 Å². The number of nitrogens with one attached hydrogen (secondary N) is 1. The molecule has 0 bridgehead atoms. The number of piperidine rings is 1. The summed E-state index contributed by atoms with van der Waals surface area (Å²) < 4.78 is 1.95. The molecule has 0 saturated carbocycles. The van der Waals surface area contributed by atoms with Crippen LogP contribution in [0.15, 0.2) is 22.7 Å². The standard InChI is InChI=1S/C16H22BrIN2O/c1-11(2)20(10-13-5-3-4-8-19-13)16(21)14-9-12(18)6-7-15(14)17/h6-7,9,11,13,19H,3-5,8,10H2,1-2H3. The Morgan fingerprint density at radius 2 is 2.24 bits per heavy atom. The molecule has 1 aliphatic heterocycles. The van der Waals surface area contributed by atoms with Crippen molar-refractivity contribution in [3.63, 3.8) is 0 Å². The Morgan fingerprint density at radius 1 is 1.48 bits per heavy atom. The Balaban J connectivity index is 2.16. The zero-order chi connectivity index (χ0) is 15.4. The van der Waals surface area contributed by atoms with Gasteiger partial charge in [-0.15, -0.1) is 0 Å². The molecule has 0 radical (unpaired) electrons. The minimum atomic E-state index is 0.114. The van der Waals surface area contributed by atoms with E-state index in [-0.39, 0.29) is 11.9 Å². The van der Waals surface area contributed by atoms with Crippen LogP contribution in [0.25, 0.3) is 0 Å². The number of nitrogens with zero attached hydrogens (tertiary/aromatic N) is 1. The zero-order valence-corrected chi connectivity index (χ0v) is 16.3. The molecule has 2 rings (SSSR count). The summed E-state index contributed by atoms with van der Waals surface area (Å²) in [6.45, 7) is 6.03. The van der Waals surface area contributed by atoms with Crippen LogP contribution >= 0.6 is 38.5 Å². The van der Waals surface area contributed by atoms with Crippen LogP contribution < -0.4 is 5.32 Å². The van der Waals surface area contributed by atoms with E-state index in [4.69, 9.17) is 0 Å². The Labute approximate surface area is 149 Å². The fourth-order valence-electron chi connectivity index (χ4n) is 2.66. The lowest BCUT2D eigenvalue weighted by molar-refractivity contribution is 0.0676. The smallest absolute Gasteiger partial charge is 0.255 e. The van der Waals surface area contributed by atoms with Gasteiger partial charge in [0.05, 0.1) is 5.56 Å². The van der Waals surface area contributed by atoms with Gasteiger partial charge in [0.2, 0.25) is 0 Å². The average molecular weight is 465 g/mol. The van der Waals surface area contributed by atoms with Crippen LogP contribution in [0.1, 0.15) is 43.5 Å². The molecule has 21 heavy (non-hydrogen) atoms. The molecule has 3 nitrogen and oxygen atoms in total. The quantitative estimate of drug-likeness (QED) is 0.682.